The van der Waals surface area contributed by atoms with Crippen molar-refractivity contribution in [2.45, 2.75) is 19.4 Å². The number of carbonyl (C=O) groups excluding carboxylic acids is 3. The van der Waals surface area contributed by atoms with E-state index in [9.17, 15) is 14.4 Å². The van der Waals surface area contributed by atoms with E-state index in [4.69, 9.17) is 4.74 Å². The fraction of sp³-hybridized carbons (Fsp3) is 0.438. The largest absolute Gasteiger partial charge is 0.484 e. The van der Waals surface area contributed by atoms with Gasteiger partial charge in [0.15, 0.2) is 6.61 Å². The van der Waals surface area contributed by atoms with Crippen LogP contribution in [0, 0.1) is 6.92 Å². The number of likely N-dealkylation sites (tertiary alicyclic amines) is 1. The van der Waals surface area contributed by atoms with Gasteiger partial charge in [0.1, 0.15) is 5.75 Å². The van der Waals surface area contributed by atoms with Gasteiger partial charge < -0.3 is 15.0 Å². The van der Waals surface area contributed by atoms with Gasteiger partial charge >= 0.3 is 6.03 Å². The van der Waals surface area contributed by atoms with Gasteiger partial charge in [-0.3, -0.25) is 14.5 Å². The topological polar surface area (TPSA) is 79.0 Å². The molecule has 1 atom stereocenters. The molecule has 1 unspecified atom stereocenters. The van der Waals surface area contributed by atoms with E-state index in [0.29, 0.717) is 25.3 Å². The highest BCUT2D eigenvalue weighted by atomic mass is 16.5. The van der Waals surface area contributed by atoms with Crippen LogP contribution < -0.4 is 10.1 Å². The molecule has 3 rings (SSSR count). The molecule has 1 aromatic carbocycles. The lowest BCUT2D eigenvalue weighted by molar-refractivity contribution is -0.133. The minimum absolute atomic E-state index is 0.0415. The summed E-state index contributed by atoms with van der Waals surface area (Å²) in [5, 5.41) is 2.50. The highest BCUT2D eigenvalue weighted by Gasteiger charge is 2.39. The number of aryl methyl sites for hydroxylation is 1. The molecule has 0 radical (unpaired) electrons. The van der Waals surface area contributed by atoms with Gasteiger partial charge in [0.25, 0.3) is 5.91 Å². The maximum Gasteiger partial charge on any atom is 0.324 e. The summed E-state index contributed by atoms with van der Waals surface area (Å²) < 4.78 is 5.49. The summed E-state index contributed by atoms with van der Waals surface area (Å²) in [6, 6.07) is 6.87. The third-order valence-corrected chi connectivity index (χ3v) is 4.14. The van der Waals surface area contributed by atoms with E-state index >= 15 is 0 Å². The second kappa shape index (κ2) is 6.28. The van der Waals surface area contributed by atoms with Crippen molar-refractivity contribution in [2.24, 2.45) is 0 Å². The minimum atomic E-state index is -0.370. The quantitative estimate of drug-likeness (QED) is 0.822. The van der Waals surface area contributed by atoms with E-state index in [2.05, 4.69) is 5.32 Å². The molecule has 2 aliphatic heterocycles. The third kappa shape index (κ3) is 3.28. The van der Waals surface area contributed by atoms with Gasteiger partial charge in [-0.2, -0.15) is 0 Å². The molecule has 7 nitrogen and oxygen atoms in total. The van der Waals surface area contributed by atoms with Crippen LogP contribution in [0.25, 0.3) is 0 Å². The molecular weight excluding hydrogens is 298 g/mol. The molecule has 2 saturated heterocycles. The fourth-order valence-electron chi connectivity index (χ4n) is 2.85. The zero-order valence-electron chi connectivity index (χ0n) is 12.9. The third-order valence-electron chi connectivity index (χ3n) is 4.14. The smallest absolute Gasteiger partial charge is 0.324 e. The van der Waals surface area contributed by atoms with E-state index in [1.807, 2.05) is 31.2 Å². The van der Waals surface area contributed by atoms with Crippen molar-refractivity contribution in [1.82, 2.24) is 15.1 Å². The number of amides is 4. The maximum atomic E-state index is 12.2. The van der Waals surface area contributed by atoms with Crippen LogP contribution in [0.1, 0.15) is 12.0 Å². The Hall–Kier alpha value is -2.57. The Morgan fingerprint density at radius 1 is 1.30 bits per heavy atom. The molecule has 7 heteroatoms. The molecule has 0 aliphatic carbocycles. The Bertz CT molecular complexity index is 613. The van der Waals surface area contributed by atoms with Gasteiger partial charge in [-0.05, 0) is 25.5 Å². The Kier molecular flexibility index (Phi) is 4.18. The summed E-state index contributed by atoms with van der Waals surface area (Å²) in [4.78, 5) is 38.4. The Labute approximate surface area is 134 Å². The molecule has 1 N–H and O–H groups in total. The van der Waals surface area contributed by atoms with Crippen LogP contribution in [0.2, 0.25) is 0 Å². The first-order valence-electron chi connectivity index (χ1n) is 7.62. The first-order valence-corrected chi connectivity index (χ1v) is 7.62. The lowest BCUT2D eigenvalue weighted by Crippen LogP contribution is -2.43. The molecule has 2 heterocycles. The Balaban J connectivity index is 1.52. The second-order valence-corrected chi connectivity index (χ2v) is 5.81. The summed E-state index contributed by atoms with van der Waals surface area (Å²) in [7, 11) is 0. The van der Waals surface area contributed by atoms with Gasteiger partial charge in [0, 0.05) is 13.1 Å². The number of hydrogen-bond acceptors (Lipinski definition) is 4. The van der Waals surface area contributed by atoms with Gasteiger partial charge in [0.2, 0.25) is 5.91 Å². The highest BCUT2D eigenvalue weighted by molar-refractivity contribution is 6.02. The lowest BCUT2D eigenvalue weighted by Gasteiger charge is -2.21. The van der Waals surface area contributed by atoms with Crippen molar-refractivity contribution in [2.75, 3.05) is 26.2 Å². The molecule has 2 fully saturated rings. The van der Waals surface area contributed by atoms with E-state index in [1.54, 1.807) is 4.90 Å². The number of urea groups is 1. The normalized spacial score (nSPS) is 20.8. The average Bonchev–Trinajstić information content (AvgIpc) is 3.13. The molecule has 0 spiro atoms. The van der Waals surface area contributed by atoms with Crippen molar-refractivity contribution in [1.29, 1.82) is 0 Å². The van der Waals surface area contributed by atoms with Crippen molar-refractivity contribution in [3.63, 3.8) is 0 Å². The minimum Gasteiger partial charge on any atom is -0.484 e. The van der Waals surface area contributed by atoms with E-state index < -0.39 is 0 Å². The predicted molar refractivity (Wildman–Crippen MR) is 81.9 cm³/mol. The van der Waals surface area contributed by atoms with Crippen LogP contribution in [0.15, 0.2) is 24.3 Å². The van der Waals surface area contributed by atoms with E-state index in [-0.39, 0.29) is 37.0 Å². The number of hydrogen-bond donors (Lipinski definition) is 1. The Morgan fingerprint density at radius 3 is 2.70 bits per heavy atom. The number of benzene rings is 1. The van der Waals surface area contributed by atoms with Gasteiger partial charge in [-0.25, -0.2) is 4.79 Å². The Morgan fingerprint density at radius 2 is 2.04 bits per heavy atom. The maximum absolute atomic E-state index is 12.2. The molecule has 4 amide bonds. The van der Waals surface area contributed by atoms with E-state index in [1.165, 1.54) is 4.90 Å². The zero-order valence-corrected chi connectivity index (χ0v) is 12.9. The van der Waals surface area contributed by atoms with E-state index in [0.717, 1.165) is 5.56 Å². The number of rotatable bonds is 4. The summed E-state index contributed by atoms with van der Waals surface area (Å²) in [5.74, 6) is 0.277. The zero-order chi connectivity index (χ0) is 16.4. The fourth-order valence-corrected chi connectivity index (χ4v) is 2.85. The summed E-state index contributed by atoms with van der Waals surface area (Å²) in [6.07, 6.45) is 0.607. The first-order chi connectivity index (χ1) is 11.0. The molecule has 0 bridgehead atoms. The number of nitrogens with one attached hydrogen (secondary N) is 1. The predicted octanol–water partition coefficient (Wildman–Crippen LogP) is 0.527. The number of carbonyl (C=O) groups is 3. The molecule has 23 heavy (non-hydrogen) atoms. The van der Waals surface area contributed by atoms with Gasteiger partial charge in [-0.15, -0.1) is 0 Å². The van der Waals surface area contributed by atoms with Crippen LogP contribution in [0.4, 0.5) is 4.79 Å². The molecule has 0 saturated carbocycles. The molecule has 0 aromatic heterocycles. The SMILES string of the molecule is Cc1ccc(OCC(=O)N2CCC(N3C(=O)CNC3=O)C2)cc1. The highest BCUT2D eigenvalue weighted by Crippen LogP contribution is 2.19. The standard InChI is InChI=1S/C16H19N3O4/c1-11-2-4-13(5-3-11)23-10-15(21)18-7-6-12(9-18)19-14(20)8-17-16(19)22/h2-5,12H,6-10H2,1H3,(H,17,22). The number of ether oxygens (including phenoxy) is 1. The van der Waals surface area contributed by atoms with Crippen molar-refractivity contribution >= 4 is 17.8 Å². The monoisotopic (exact) mass is 317 g/mol. The van der Waals surface area contributed by atoms with Crippen LogP contribution in [0.5, 0.6) is 5.75 Å². The van der Waals surface area contributed by atoms with Gasteiger partial charge in [0.05, 0.1) is 12.6 Å². The van der Waals surface area contributed by atoms with Crippen molar-refractivity contribution in [3.8, 4) is 5.75 Å². The van der Waals surface area contributed by atoms with Gasteiger partial charge in [-0.1, -0.05) is 17.7 Å². The molecular formula is C16H19N3O4. The summed E-state index contributed by atoms with van der Waals surface area (Å²) in [6.45, 7) is 2.87. The molecule has 122 valence electrons. The summed E-state index contributed by atoms with van der Waals surface area (Å²) in [5.41, 5.74) is 1.12. The van der Waals surface area contributed by atoms with Crippen LogP contribution in [-0.2, 0) is 9.59 Å². The number of nitrogens with zero attached hydrogens (tertiary/aromatic N) is 2. The lowest BCUT2D eigenvalue weighted by atomic mass is 10.2. The number of imide groups is 1. The first kappa shape index (κ1) is 15.3. The van der Waals surface area contributed by atoms with Crippen LogP contribution in [0.3, 0.4) is 0 Å². The summed E-state index contributed by atoms with van der Waals surface area (Å²) >= 11 is 0. The van der Waals surface area contributed by atoms with Crippen LogP contribution >= 0.6 is 0 Å². The average molecular weight is 317 g/mol. The van der Waals surface area contributed by atoms with Crippen molar-refractivity contribution < 1.29 is 19.1 Å². The second-order valence-electron chi connectivity index (χ2n) is 5.81. The van der Waals surface area contributed by atoms with Crippen molar-refractivity contribution in [3.05, 3.63) is 29.8 Å². The van der Waals surface area contributed by atoms with Crippen LogP contribution in [-0.4, -0.2) is 59.9 Å². The molecule has 1 aromatic rings. The molecule has 2 aliphatic rings.